The van der Waals surface area contributed by atoms with Gasteiger partial charge in [-0.25, -0.2) is 8.42 Å². The van der Waals surface area contributed by atoms with Crippen molar-refractivity contribution in [2.75, 3.05) is 11.5 Å². The summed E-state index contributed by atoms with van der Waals surface area (Å²) < 4.78 is 22.7. The number of carbonyl (C=O) groups is 2. The van der Waals surface area contributed by atoms with E-state index in [1.165, 1.54) is 0 Å². The van der Waals surface area contributed by atoms with Gasteiger partial charge in [0.1, 0.15) is 5.41 Å². The van der Waals surface area contributed by atoms with Gasteiger partial charge in [-0.05, 0) is 33.6 Å². The number of amides is 2. The van der Waals surface area contributed by atoms with E-state index in [2.05, 4.69) is 10.6 Å². The molecule has 20 heavy (non-hydrogen) atoms. The summed E-state index contributed by atoms with van der Waals surface area (Å²) in [5, 5.41) is 5.44. The largest absolute Gasteiger partial charge is 0.353 e. The number of hydrogen-bond donors (Lipinski definition) is 2. The Balaban J connectivity index is 2.63. The molecule has 0 aromatic heterocycles. The first-order valence-electron chi connectivity index (χ1n) is 6.91. The van der Waals surface area contributed by atoms with Gasteiger partial charge in [-0.2, -0.15) is 0 Å². The maximum Gasteiger partial charge on any atom is 0.235 e. The Morgan fingerprint density at radius 1 is 1.30 bits per heavy atom. The molecule has 7 heteroatoms. The van der Waals surface area contributed by atoms with Gasteiger partial charge in [0.2, 0.25) is 11.8 Å². The molecule has 1 aliphatic heterocycles. The van der Waals surface area contributed by atoms with Crippen LogP contribution in [-0.2, 0) is 19.4 Å². The van der Waals surface area contributed by atoms with E-state index in [9.17, 15) is 18.0 Å². The number of hydrogen-bond acceptors (Lipinski definition) is 4. The van der Waals surface area contributed by atoms with E-state index in [1.54, 1.807) is 13.8 Å². The standard InChI is InChI=1S/C13H24N2O4S/c1-5-9(2)14-11(16)13(3,4)12(17)15-10-6-7-20(18,19)8-10/h9-10H,5-8H2,1-4H3,(H,14,16)(H,15,17). The molecule has 2 N–H and O–H groups in total. The van der Waals surface area contributed by atoms with Gasteiger partial charge in [0, 0.05) is 12.1 Å². The first kappa shape index (κ1) is 16.9. The van der Waals surface area contributed by atoms with Gasteiger partial charge in [-0.3, -0.25) is 9.59 Å². The minimum Gasteiger partial charge on any atom is -0.353 e. The maximum atomic E-state index is 12.2. The second kappa shape index (κ2) is 6.11. The fourth-order valence-electron chi connectivity index (χ4n) is 1.88. The lowest BCUT2D eigenvalue weighted by Gasteiger charge is -2.26. The van der Waals surface area contributed by atoms with Crippen molar-refractivity contribution in [3.8, 4) is 0 Å². The molecule has 1 fully saturated rings. The van der Waals surface area contributed by atoms with Crippen molar-refractivity contribution < 1.29 is 18.0 Å². The summed E-state index contributed by atoms with van der Waals surface area (Å²) in [6.45, 7) is 6.91. The minimum absolute atomic E-state index is 0.00133. The second-order valence-corrected chi connectivity index (χ2v) is 8.21. The first-order valence-corrected chi connectivity index (χ1v) is 8.73. The highest BCUT2D eigenvalue weighted by atomic mass is 32.2. The van der Waals surface area contributed by atoms with Crippen LogP contribution in [0.1, 0.15) is 40.5 Å². The highest BCUT2D eigenvalue weighted by Gasteiger charge is 2.39. The van der Waals surface area contributed by atoms with Crippen LogP contribution in [0.15, 0.2) is 0 Å². The maximum absolute atomic E-state index is 12.2. The predicted octanol–water partition coefficient (Wildman–Crippen LogP) is 0.231. The molecule has 0 saturated carbocycles. The van der Waals surface area contributed by atoms with E-state index in [0.717, 1.165) is 6.42 Å². The average molecular weight is 304 g/mol. The van der Waals surface area contributed by atoms with Gasteiger partial charge in [0.15, 0.2) is 9.84 Å². The van der Waals surface area contributed by atoms with Crippen molar-refractivity contribution in [1.82, 2.24) is 10.6 Å². The van der Waals surface area contributed by atoms with Gasteiger partial charge in [0.25, 0.3) is 0 Å². The van der Waals surface area contributed by atoms with E-state index in [0.29, 0.717) is 6.42 Å². The van der Waals surface area contributed by atoms with E-state index in [1.807, 2.05) is 13.8 Å². The topological polar surface area (TPSA) is 92.3 Å². The third-order valence-corrected chi connectivity index (χ3v) is 5.46. The SMILES string of the molecule is CCC(C)NC(=O)C(C)(C)C(=O)NC1CCS(=O)(=O)C1. The van der Waals surface area contributed by atoms with Gasteiger partial charge in [-0.1, -0.05) is 6.92 Å². The quantitative estimate of drug-likeness (QED) is 0.711. The molecular weight excluding hydrogens is 280 g/mol. The number of rotatable bonds is 5. The molecule has 1 heterocycles. The molecule has 0 aromatic carbocycles. The third-order valence-electron chi connectivity index (χ3n) is 3.69. The molecule has 0 bridgehead atoms. The third kappa shape index (κ3) is 4.19. The Hall–Kier alpha value is -1.11. The molecule has 1 rings (SSSR count). The lowest BCUT2D eigenvalue weighted by Crippen LogP contribution is -2.52. The van der Waals surface area contributed by atoms with Crippen LogP contribution < -0.4 is 10.6 Å². The summed E-state index contributed by atoms with van der Waals surface area (Å²) >= 11 is 0. The molecular formula is C13H24N2O4S. The molecule has 1 saturated heterocycles. The summed E-state index contributed by atoms with van der Waals surface area (Å²) in [6, 6.07) is -0.385. The van der Waals surface area contributed by atoms with Crippen LogP contribution in [0.5, 0.6) is 0 Å². The van der Waals surface area contributed by atoms with Crippen LogP contribution in [-0.4, -0.2) is 43.8 Å². The lowest BCUT2D eigenvalue weighted by molar-refractivity contribution is -0.142. The molecule has 116 valence electrons. The zero-order chi connectivity index (χ0) is 15.6. The second-order valence-electron chi connectivity index (χ2n) is 5.98. The summed E-state index contributed by atoms with van der Waals surface area (Å²) in [7, 11) is -3.05. The molecule has 2 unspecified atom stereocenters. The van der Waals surface area contributed by atoms with Crippen molar-refractivity contribution in [3.63, 3.8) is 0 Å². The lowest BCUT2D eigenvalue weighted by atomic mass is 9.90. The van der Waals surface area contributed by atoms with Crippen molar-refractivity contribution in [2.24, 2.45) is 5.41 Å². The number of nitrogens with one attached hydrogen (secondary N) is 2. The Morgan fingerprint density at radius 3 is 2.35 bits per heavy atom. The van der Waals surface area contributed by atoms with Crippen LogP contribution in [0, 0.1) is 5.41 Å². The van der Waals surface area contributed by atoms with Crippen LogP contribution in [0.25, 0.3) is 0 Å². The highest BCUT2D eigenvalue weighted by Crippen LogP contribution is 2.19. The van der Waals surface area contributed by atoms with Gasteiger partial charge in [0.05, 0.1) is 11.5 Å². The highest BCUT2D eigenvalue weighted by molar-refractivity contribution is 7.91. The molecule has 0 aliphatic carbocycles. The Morgan fingerprint density at radius 2 is 1.90 bits per heavy atom. The van der Waals surface area contributed by atoms with E-state index < -0.39 is 21.2 Å². The monoisotopic (exact) mass is 304 g/mol. The summed E-state index contributed by atoms with van der Waals surface area (Å²) in [5.41, 5.74) is -1.21. The predicted molar refractivity (Wildman–Crippen MR) is 76.9 cm³/mol. The van der Waals surface area contributed by atoms with E-state index in [-0.39, 0.29) is 29.5 Å². The Bertz CT molecular complexity index is 485. The molecule has 0 radical (unpaired) electrons. The van der Waals surface area contributed by atoms with Crippen LogP contribution in [0.2, 0.25) is 0 Å². The van der Waals surface area contributed by atoms with E-state index >= 15 is 0 Å². The number of carbonyl (C=O) groups excluding carboxylic acids is 2. The minimum atomic E-state index is -3.05. The van der Waals surface area contributed by atoms with Gasteiger partial charge < -0.3 is 10.6 Å². The Kier molecular flexibility index (Phi) is 5.18. The Labute approximate surface area is 120 Å². The zero-order valence-corrected chi connectivity index (χ0v) is 13.3. The smallest absolute Gasteiger partial charge is 0.235 e. The van der Waals surface area contributed by atoms with Crippen molar-refractivity contribution in [2.45, 2.75) is 52.6 Å². The summed E-state index contributed by atoms with van der Waals surface area (Å²) in [6.07, 6.45) is 1.20. The normalized spacial score (nSPS) is 23.1. The van der Waals surface area contributed by atoms with Gasteiger partial charge >= 0.3 is 0 Å². The first-order chi connectivity index (χ1) is 9.08. The molecule has 0 spiro atoms. The fraction of sp³-hybridized carbons (Fsp3) is 0.846. The van der Waals surface area contributed by atoms with Crippen molar-refractivity contribution in [3.05, 3.63) is 0 Å². The molecule has 0 aromatic rings. The van der Waals surface area contributed by atoms with E-state index in [4.69, 9.17) is 0 Å². The summed E-state index contributed by atoms with van der Waals surface area (Å²) in [5.74, 6) is -0.718. The molecule has 6 nitrogen and oxygen atoms in total. The summed E-state index contributed by atoms with van der Waals surface area (Å²) in [4.78, 5) is 24.3. The fourth-order valence-corrected chi connectivity index (χ4v) is 3.56. The zero-order valence-electron chi connectivity index (χ0n) is 12.5. The average Bonchev–Trinajstić information content (AvgIpc) is 2.68. The van der Waals surface area contributed by atoms with Gasteiger partial charge in [-0.15, -0.1) is 0 Å². The van der Waals surface area contributed by atoms with Crippen LogP contribution in [0.4, 0.5) is 0 Å². The number of sulfone groups is 1. The molecule has 2 atom stereocenters. The van der Waals surface area contributed by atoms with Crippen LogP contribution >= 0.6 is 0 Å². The molecule has 1 aliphatic rings. The van der Waals surface area contributed by atoms with Crippen LogP contribution in [0.3, 0.4) is 0 Å². The van der Waals surface area contributed by atoms with Crippen molar-refractivity contribution in [1.29, 1.82) is 0 Å². The molecule has 2 amide bonds. The van der Waals surface area contributed by atoms with Crippen molar-refractivity contribution >= 4 is 21.7 Å².